The van der Waals surface area contributed by atoms with E-state index in [-0.39, 0.29) is 0 Å². The predicted molar refractivity (Wildman–Crippen MR) is 68.8 cm³/mol. The van der Waals surface area contributed by atoms with Crippen LogP contribution < -0.4 is 0 Å². The van der Waals surface area contributed by atoms with Gasteiger partial charge in [0.2, 0.25) is 0 Å². The molecule has 0 aliphatic carbocycles. The Balaban J connectivity index is 1.57. The van der Waals surface area contributed by atoms with Crippen LogP contribution in [0.3, 0.4) is 0 Å². The van der Waals surface area contributed by atoms with E-state index >= 15 is 0 Å². The lowest BCUT2D eigenvalue weighted by atomic mass is 10.3. The van der Waals surface area contributed by atoms with Crippen LogP contribution in [0.15, 0.2) is 0 Å². The van der Waals surface area contributed by atoms with Gasteiger partial charge < -0.3 is 9.80 Å². The Hall–Kier alpha value is -0.120. The zero-order valence-corrected chi connectivity index (χ0v) is 10.8. The van der Waals surface area contributed by atoms with Crippen molar-refractivity contribution < 1.29 is 0 Å². The van der Waals surface area contributed by atoms with Crippen LogP contribution in [0.4, 0.5) is 0 Å². The van der Waals surface area contributed by atoms with E-state index in [1.165, 1.54) is 78.2 Å². The van der Waals surface area contributed by atoms with Crippen molar-refractivity contribution >= 4 is 0 Å². The largest absolute Gasteiger partial charge is 0.302 e. The molecular weight excluding hydrogens is 198 g/mol. The Morgan fingerprint density at radius 2 is 1.06 bits per heavy atom. The van der Waals surface area contributed by atoms with Gasteiger partial charge in [-0.1, -0.05) is 6.92 Å². The average Bonchev–Trinajstić information content (AvgIpc) is 2.82. The first kappa shape index (κ1) is 12.3. The van der Waals surface area contributed by atoms with E-state index < -0.39 is 0 Å². The van der Waals surface area contributed by atoms with Gasteiger partial charge in [-0.25, -0.2) is 0 Å². The van der Waals surface area contributed by atoms with Gasteiger partial charge in [-0.15, -0.1) is 0 Å². The molecule has 0 bridgehead atoms. The maximum Gasteiger partial charge on any atom is 0.0110 e. The molecule has 2 heterocycles. The predicted octanol–water partition coefficient (Wildman–Crippen LogP) is 1.11. The van der Waals surface area contributed by atoms with Crippen molar-refractivity contribution in [2.75, 3.05) is 58.9 Å². The smallest absolute Gasteiger partial charge is 0.0110 e. The molecule has 0 aromatic rings. The lowest BCUT2D eigenvalue weighted by molar-refractivity contribution is 0.122. The number of rotatable bonds is 5. The monoisotopic (exact) mass is 225 g/mol. The lowest BCUT2D eigenvalue weighted by Gasteiger charge is -2.35. The highest BCUT2D eigenvalue weighted by Gasteiger charge is 2.17. The van der Waals surface area contributed by atoms with E-state index in [1.54, 1.807) is 0 Å². The normalized spacial score (nSPS) is 25.3. The Morgan fingerprint density at radius 3 is 1.56 bits per heavy atom. The average molecular weight is 225 g/mol. The van der Waals surface area contributed by atoms with Crippen LogP contribution in [0.2, 0.25) is 0 Å². The highest BCUT2D eigenvalue weighted by molar-refractivity contribution is 4.74. The summed E-state index contributed by atoms with van der Waals surface area (Å²) in [5.41, 5.74) is 0. The fraction of sp³-hybridized carbons (Fsp3) is 1.00. The fourth-order valence-electron chi connectivity index (χ4n) is 2.84. The molecule has 3 heteroatoms. The van der Waals surface area contributed by atoms with Gasteiger partial charge in [-0.2, -0.15) is 0 Å². The first-order chi connectivity index (χ1) is 7.88. The Morgan fingerprint density at radius 1 is 0.625 bits per heavy atom. The first-order valence-electron chi connectivity index (χ1n) is 7.05. The molecule has 0 unspecified atom stereocenters. The summed E-state index contributed by atoms with van der Waals surface area (Å²) in [4.78, 5) is 7.87. The van der Waals surface area contributed by atoms with Crippen LogP contribution in [-0.2, 0) is 0 Å². The second-order valence-corrected chi connectivity index (χ2v) is 5.23. The summed E-state index contributed by atoms with van der Waals surface area (Å²) in [7, 11) is 0. The molecule has 2 aliphatic heterocycles. The van der Waals surface area contributed by atoms with Crippen molar-refractivity contribution in [3.05, 3.63) is 0 Å². The summed E-state index contributed by atoms with van der Waals surface area (Å²) in [5.74, 6) is 0. The first-order valence-corrected chi connectivity index (χ1v) is 7.05. The summed E-state index contributed by atoms with van der Waals surface area (Å²) in [6.45, 7) is 14.0. The topological polar surface area (TPSA) is 9.72 Å². The summed E-state index contributed by atoms with van der Waals surface area (Å²) in [5, 5.41) is 0. The minimum atomic E-state index is 1.29. The van der Waals surface area contributed by atoms with Crippen molar-refractivity contribution in [1.29, 1.82) is 0 Å². The van der Waals surface area contributed by atoms with E-state index in [4.69, 9.17) is 0 Å². The molecule has 0 aromatic carbocycles. The van der Waals surface area contributed by atoms with Crippen LogP contribution in [0.25, 0.3) is 0 Å². The van der Waals surface area contributed by atoms with Crippen LogP contribution in [0.1, 0.15) is 26.2 Å². The molecule has 0 N–H and O–H groups in total. The molecule has 0 spiro atoms. The molecule has 0 amide bonds. The SMILES string of the molecule is CCCN1CCN(CCN2CCCC2)CC1. The van der Waals surface area contributed by atoms with Gasteiger partial charge >= 0.3 is 0 Å². The second kappa shape index (κ2) is 6.58. The molecule has 3 nitrogen and oxygen atoms in total. The van der Waals surface area contributed by atoms with Crippen LogP contribution in [-0.4, -0.2) is 73.6 Å². The fourth-order valence-corrected chi connectivity index (χ4v) is 2.84. The molecule has 2 fully saturated rings. The highest BCUT2D eigenvalue weighted by atomic mass is 15.3. The molecule has 0 saturated carbocycles. The summed E-state index contributed by atoms with van der Waals surface area (Å²) in [6.07, 6.45) is 4.14. The molecule has 0 aromatic heterocycles. The third-order valence-electron chi connectivity index (χ3n) is 3.94. The maximum atomic E-state index is 2.64. The Bertz CT molecular complexity index is 182. The van der Waals surface area contributed by atoms with Gasteiger partial charge in [0.25, 0.3) is 0 Å². The summed E-state index contributed by atoms with van der Waals surface area (Å²) in [6, 6.07) is 0. The zero-order valence-electron chi connectivity index (χ0n) is 10.8. The Labute approximate surface area is 100 Å². The van der Waals surface area contributed by atoms with E-state index in [9.17, 15) is 0 Å². The van der Waals surface area contributed by atoms with E-state index in [0.29, 0.717) is 0 Å². The quantitative estimate of drug-likeness (QED) is 0.694. The highest BCUT2D eigenvalue weighted by Crippen LogP contribution is 2.08. The van der Waals surface area contributed by atoms with Crippen molar-refractivity contribution in [3.63, 3.8) is 0 Å². The van der Waals surface area contributed by atoms with Crippen LogP contribution in [0, 0.1) is 0 Å². The van der Waals surface area contributed by atoms with Crippen LogP contribution >= 0.6 is 0 Å². The summed E-state index contributed by atoms with van der Waals surface area (Å²) >= 11 is 0. The van der Waals surface area contributed by atoms with Gasteiger partial charge in [0.05, 0.1) is 0 Å². The number of likely N-dealkylation sites (tertiary alicyclic amines) is 1. The minimum absolute atomic E-state index is 1.29. The number of hydrogen-bond acceptors (Lipinski definition) is 3. The number of nitrogens with zero attached hydrogens (tertiary/aromatic N) is 3. The Kier molecular flexibility index (Phi) is 5.07. The van der Waals surface area contributed by atoms with E-state index in [0.717, 1.165) is 0 Å². The molecular formula is C13H27N3. The molecule has 2 saturated heterocycles. The van der Waals surface area contributed by atoms with E-state index in [2.05, 4.69) is 21.6 Å². The molecule has 2 aliphatic rings. The molecule has 94 valence electrons. The van der Waals surface area contributed by atoms with Gasteiger partial charge in [0, 0.05) is 39.3 Å². The van der Waals surface area contributed by atoms with Crippen molar-refractivity contribution in [2.24, 2.45) is 0 Å². The van der Waals surface area contributed by atoms with Crippen molar-refractivity contribution in [3.8, 4) is 0 Å². The van der Waals surface area contributed by atoms with E-state index in [1.807, 2.05) is 0 Å². The number of piperazine rings is 1. The van der Waals surface area contributed by atoms with Crippen molar-refractivity contribution in [1.82, 2.24) is 14.7 Å². The zero-order chi connectivity index (χ0) is 11.2. The third kappa shape index (κ3) is 3.72. The van der Waals surface area contributed by atoms with Gasteiger partial charge in [-0.05, 0) is 38.9 Å². The van der Waals surface area contributed by atoms with Crippen LogP contribution in [0.5, 0.6) is 0 Å². The van der Waals surface area contributed by atoms with Gasteiger partial charge in [0.1, 0.15) is 0 Å². The lowest BCUT2D eigenvalue weighted by Crippen LogP contribution is -2.48. The standard InChI is InChI=1S/C13H27N3/c1-2-5-14-8-11-16(12-9-14)13-10-15-6-3-4-7-15/h2-13H2,1H3. The number of hydrogen-bond donors (Lipinski definition) is 0. The molecule has 16 heavy (non-hydrogen) atoms. The molecule has 0 atom stereocenters. The van der Waals surface area contributed by atoms with Gasteiger partial charge in [0.15, 0.2) is 0 Å². The molecule has 2 rings (SSSR count). The summed E-state index contributed by atoms with van der Waals surface area (Å²) < 4.78 is 0. The van der Waals surface area contributed by atoms with Crippen molar-refractivity contribution in [2.45, 2.75) is 26.2 Å². The maximum absolute atomic E-state index is 2.64. The third-order valence-corrected chi connectivity index (χ3v) is 3.94. The second-order valence-electron chi connectivity index (χ2n) is 5.23. The minimum Gasteiger partial charge on any atom is -0.302 e. The molecule has 0 radical (unpaired) electrons. The van der Waals surface area contributed by atoms with Gasteiger partial charge in [-0.3, -0.25) is 4.90 Å².